The quantitative estimate of drug-likeness (QED) is 0.114. The molecule has 1 amide bonds. The first-order valence-corrected chi connectivity index (χ1v) is 13.6. The van der Waals surface area contributed by atoms with Crippen LogP contribution in [0.15, 0.2) is 99.7 Å². The van der Waals surface area contributed by atoms with Gasteiger partial charge < -0.3 is 13.5 Å². The van der Waals surface area contributed by atoms with E-state index in [9.17, 15) is 23.3 Å². The van der Waals surface area contributed by atoms with Crippen molar-refractivity contribution in [2.75, 3.05) is 6.61 Å². The third-order valence-electron chi connectivity index (χ3n) is 5.25. The predicted octanol–water partition coefficient (Wildman–Crippen LogP) is 5.08. The molecule has 0 saturated carbocycles. The summed E-state index contributed by atoms with van der Waals surface area (Å²) in [6.45, 7) is 1.89. The topological polar surface area (TPSA) is 142 Å². The smallest absolute Gasteiger partial charge is 0.339 e. The summed E-state index contributed by atoms with van der Waals surface area (Å²) in [5, 5.41) is 15.1. The Bertz CT molecular complexity index is 1650. The molecule has 0 radical (unpaired) electrons. The Kier molecular flexibility index (Phi) is 8.42. The number of nitro groups is 1. The summed E-state index contributed by atoms with van der Waals surface area (Å²) in [5.74, 6) is -0.501. The van der Waals surface area contributed by atoms with Crippen molar-refractivity contribution in [1.29, 1.82) is 0 Å². The zero-order valence-electron chi connectivity index (χ0n) is 20.4. The molecule has 0 aliphatic rings. The number of carbonyl (C=O) groups is 1. The largest absolute Gasteiger partial charge is 0.490 e. The number of para-hydroxylation sites is 1. The van der Waals surface area contributed by atoms with Crippen LogP contribution in [0.25, 0.3) is 5.69 Å². The molecule has 4 aromatic rings. The minimum absolute atomic E-state index is 0.0756. The molecule has 0 spiro atoms. The number of nitrogens with one attached hydrogen (secondary N) is 1. The summed E-state index contributed by atoms with van der Waals surface area (Å²) >= 11 is 3.29. The van der Waals surface area contributed by atoms with Gasteiger partial charge >= 0.3 is 10.1 Å². The molecule has 39 heavy (non-hydrogen) atoms. The third-order valence-corrected chi connectivity index (χ3v) is 7.06. The fourth-order valence-corrected chi connectivity index (χ4v) is 5.17. The lowest BCUT2D eigenvalue weighted by molar-refractivity contribution is -0.385. The highest BCUT2D eigenvalue weighted by Gasteiger charge is 2.24. The van der Waals surface area contributed by atoms with Gasteiger partial charge in [0.2, 0.25) is 0 Å². The fourth-order valence-electron chi connectivity index (χ4n) is 3.53. The number of carbonyl (C=O) groups excluding carboxylic acids is 1. The summed E-state index contributed by atoms with van der Waals surface area (Å²) in [6.07, 6.45) is 5.01. The lowest BCUT2D eigenvalue weighted by Gasteiger charge is -2.14. The maximum Gasteiger partial charge on any atom is 0.339 e. The number of non-ortho nitro benzene ring substituents is 1. The maximum atomic E-state index is 12.9. The van der Waals surface area contributed by atoms with Crippen LogP contribution in [-0.4, -0.2) is 36.6 Å². The molecule has 0 unspecified atom stereocenters. The van der Waals surface area contributed by atoms with Crippen LogP contribution in [0, 0.1) is 10.1 Å². The number of nitrogens with zero attached hydrogens (tertiary/aromatic N) is 3. The molecule has 3 aromatic carbocycles. The van der Waals surface area contributed by atoms with Crippen molar-refractivity contribution in [1.82, 2.24) is 9.99 Å². The van der Waals surface area contributed by atoms with Gasteiger partial charge in [0.15, 0.2) is 11.5 Å². The first-order valence-electron chi connectivity index (χ1n) is 11.4. The molecule has 0 saturated heterocycles. The molecule has 200 valence electrons. The lowest BCUT2D eigenvalue weighted by Crippen LogP contribution is -2.19. The van der Waals surface area contributed by atoms with Gasteiger partial charge in [0.25, 0.3) is 11.6 Å². The zero-order valence-corrected chi connectivity index (χ0v) is 22.8. The van der Waals surface area contributed by atoms with Crippen molar-refractivity contribution >= 4 is 43.9 Å². The van der Waals surface area contributed by atoms with Crippen LogP contribution in [0.2, 0.25) is 0 Å². The Morgan fingerprint density at radius 2 is 1.85 bits per heavy atom. The Morgan fingerprint density at radius 3 is 2.56 bits per heavy atom. The van der Waals surface area contributed by atoms with Gasteiger partial charge in [-0.2, -0.15) is 13.5 Å². The van der Waals surface area contributed by atoms with E-state index in [4.69, 9.17) is 8.92 Å². The standard InChI is InChI=1S/C26H21BrN4O7S/c1-2-37-24-15-18(17-28-29-26(32)21-10-3-4-11-23(21)30-12-5-6-13-30)14-22(27)25(24)38-39(35,36)20-9-7-8-19(16-20)31(33)34/h3-17H,2H2,1H3,(H,29,32)/b28-17-. The van der Waals surface area contributed by atoms with Gasteiger partial charge in [-0.3, -0.25) is 14.9 Å². The number of hydrogen-bond acceptors (Lipinski definition) is 8. The number of hydrogen-bond donors (Lipinski definition) is 1. The van der Waals surface area contributed by atoms with Gasteiger partial charge in [0.05, 0.1) is 33.5 Å². The van der Waals surface area contributed by atoms with Crippen LogP contribution >= 0.6 is 15.9 Å². The van der Waals surface area contributed by atoms with E-state index in [2.05, 4.69) is 26.5 Å². The SMILES string of the molecule is CCOc1cc(/C=N\NC(=O)c2ccccc2-n2cccc2)cc(Br)c1OS(=O)(=O)c1cccc([N+](=O)[O-])c1. The van der Waals surface area contributed by atoms with Crippen LogP contribution in [-0.2, 0) is 10.1 Å². The zero-order chi connectivity index (χ0) is 28.0. The summed E-state index contributed by atoms with van der Waals surface area (Å²) in [7, 11) is -4.43. The highest BCUT2D eigenvalue weighted by atomic mass is 79.9. The summed E-state index contributed by atoms with van der Waals surface area (Å²) in [6, 6.07) is 18.3. The van der Waals surface area contributed by atoms with Crippen LogP contribution in [0.1, 0.15) is 22.8 Å². The molecule has 1 heterocycles. The van der Waals surface area contributed by atoms with Crippen molar-refractivity contribution in [3.8, 4) is 17.2 Å². The fraction of sp³-hybridized carbons (Fsp3) is 0.0769. The first kappa shape index (κ1) is 27.5. The highest BCUT2D eigenvalue weighted by molar-refractivity contribution is 9.10. The summed E-state index contributed by atoms with van der Waals surface area (Å²) in [5.41, 5.74) is 3.65. The van der Waals surface area contributed by atoms with E-state index < -0.39 is 26.6 Å². The number of aromatic nitrogens is 1. The van der Waals surface area contributed by atoms with Gasteiger partial charge in [-0.25, -0.2) is 5.43 Å². The minimum Gasteiger partial charge on any atom is -0.490 e. The molecule has 13 heteroatoms. The number of amides is 1. The number of nitro benzene ring substituents is 1. The second kappa shape index (κ2) is 11.9. The Balaban J connectivity index is 1.56. The van der Waals surface area contributed by atoms with E-state index in [1.54, 1.807) is 19.1 Å². The molecule has 0 atom stereocenters. The van der Waals surface area contributed by atoms with Crippen LogP contribution in [0.4, 0.5) is 5.69 Å². The molecule has 0 aliphatic heterocycles. The van der Waals surface area contributed by atoms with Crippen molar-refractivity contribution in [2.24, 2.45) is 5.10 Å². The van der Waals surface area contributed by atoms with Gasteiger partial charge in [-0.1, -0.05) is 18.2 Å². The van der Waals surface area contributed by atoms with E-state index in [-0.39, 0.29) is 27.5 Å². The van der Waals surface area contributed by atoms with Gasteiger partial charge in [0.1, 0.15) is 4.90 Å². The van der Waals surface area contributed by atoms with Crippen LogP contribution in [0.3, 0.4) is 0 Å². The lowest BCUT2D eigenvalue weighted by atomic mass is 10.1. The Morgan fingerprint density at radius 1 is 1.10 bits per heavy atom. The van der Waals surface area contributed by atoms with E-state index >= 15 is 0 Å². The predicted molar refractivity (Wildman–Crippen MR) is 147 cm³/mol. The molecule has 4 rings (SSSR count). The highest BCUT2D eigenvalue weighted by Crippen LogP contribution is 2.38. The Hall–Kier alpha value is -4.49. The summed E-state index contributed by atoms with van der Waals surface area (Å²) < 4.78 is 38.6. The first-order chi connectivity index (χ1) is 18.7. The second-order valence-corrected chi connectivity index (χ2v) is 10.3. The van der Waals surface area contributed by atoms with E-state index in [1.165, 1.54) is 36.5 Å². The summed E-state index contributed by atoms with van der Waals surface area (Å²) in [4.78, 5) is 22.8. The molecular formula is C26H21BrN4O7S. The van der Waals surface area contributed by atoms with Crippen molar-refractivity contribution in [2.45, 2.75) is 11.8 Å². The van der Waals surface area contributed by atoms with E-state index in [1.807, 2.05) is 41.2 Å². The number of ether oxygens (including phenoxy) is 1. The van der Waals surface area contributed by atoms with Crippen LogP contribution in [0.5, 0.6) is 11.5 Å². The molecule has 0 bridgehead atoms. The van der Waals surface area contributed by atoms with E-state index in [0.29, 0.717) is 16.8 Å². The van der Waals surface area contributed by atoms with Gasteiger partial charge in [0, 0.05) is 24.5 Å². The average Bonchev–Trinajstić information content (AvgIpc) is 3.46. The maximum absolute atomic E-state index is 12.9. The number of rotatable bonds is 10. The number of benzene rings is 3. The second-order valence-electron chi connectivity index (χ2n) is 7.86. The van der Waals surface area contributed by atoms with Crippen molar-refractivity contribution in [3.63, 3.8) is 0 Å². The third kappa shape index (κ3) is 6.51. The minimum atomic E-state index is -4.43. The molecule has 11 nitrogen and oxygen atoms in total. The molecular weight excluding hydrogens is 592 g/mol. The normalized spacial score (nSPS) is 11.3. The Labute approximate surface area is 232 Å². The van der Waals surface area contributed by atoms with Crippen LogP contribution < -0.4 is 14.3 Å². The van der Waals surface area contributed by atoms with Gasteiger partial charge in [-0.15, -0.1) is 0 Å². The van der Waals surface area contributed by atoms with E-state index in [0.717, 1.165) is 6.07 Å². The monoisotopic (exact) mass is 612 g/mol. The molecule has 0 aliphatic carbocycles. The number of hydrazone groups is 1. The van der Waals surface area contributed by atoms with Crippen molar-refractivity contribution < 1.29 is 27.1 Å². The van der Waals surface area contributed by atoms with Crippen molar-refractivity contribution in [3.05, 3.63) is 111 Å². The molecule has 1 N–H and O–H groups in total. The molecule has 1 aromatic heterocycles. The molecule has 0 fully saturated rings. The average molecular weight is 613 g/mol. The number of halogens is 1. The van der Waals surface area contributed by atoms with Gasteiger partial charge in [-0.05, 0) is 70.9 Å².